The molecule has 2 heterocycles. The van der Waals surface area contributed by atoms with Crippen LogP contribution in [0.5, 0.6) is 5.75 Å². The van der Waals surface area contributed by atoms with Gasteiger partial charge in [0.05, 0.1) is 11.3 Å². The number of fused-ring (bicyclic) bond motifs is 1. The summed E-state index contributed by atoms with van der Waals surface area (Å²) >= 11 is 5.99. The highest BCUT2D eigenvalue weighted by Crippen LogP contribution is 2.29. The number of ether oxygens (including phenoxy) is 1. The standard InChI is InChI=1S/C21H17ClFN3O2/c1-13-24-6-7-26(13)19-4-2-14(8-18(19)23)11-25-21(27)16-9-15-10-17(22)3-5-20(15)28-12-16/h2-10H,11-12H2,1H3,(H,25,27). The van der Waals surface area contributed by atoms with E-state index in [0.717, 1.165) is 5.56 Å². The van der Waals surface area contributed by atoms with E-state index in [1.807, 2.05) is 0 Å². The van der Waals surface area contributed by atoms with Crippen LogP contribution in [0, 0.1) is 12.7 Å². The van der Waals surface area contributed by atoms with Crippen LogP contribution in [0.25, 0.3) is 11.8 Å². The number of halogens is 2. The van der Waals surface area contributed by atoms with Gasteiger partial charge in [-0.25, -0.2) is 9.37 Å². The molecule has 0 saturated carbocycles. The molecule has 0 fully saturated rings. The highest BCUT2D eigenvalue weighted by Gasteiger charge is 2.17. The summed E-state index contributed by atoms with van der Waals surface area (Å²) in [5, 5.41) is 3.37. The van der Waals surface area contributed by atoms with Gasteiger partial charge in [0.15, 0.2) is 0 Å². The number of imidazole rings is 1. The SMILES string of the molecule is Cc1nccn1-c1ccc(CNC(=O)C2=Cc3cc(Cl)ccc3OC2)cc1F. The fourth-order valence-electron chi connectivity index (χ4n) is 3.06. The van der Waals surface area contributed by atoms with E-state index in [9.17, 15) is 9.18 Å². The molecule has 0 spiro atoms. The van der Waals surface area contributed by atoms with Gasteiger partial charge < -0.3 is 14.6 Å². The number of carbonyl (C=O) groups is 1. The molecule has 0 saturated heterocycles. The average molecular weight is 398 g/mol. The lowest BCUT2D eigenvalue weighted by molar-refractivity contribution is -0.117. The number of aromatic nitrogens is 2. The van der Waals surface area contributed by atoms with Gasteiger partial charge in [-0.05, 0) is 48.9 Å². The van der Waals surface area contributed by atoms with Crippen LogP contribution in [-0.4, -0.2) is 22.1 Å². The molecule has 1 amide bonds. The van der Waals surface area contributed by atoms with Gasteiger partial charge >= 0.3 is 0 Å². The van der Waals surface area contributed by atoms with Crippen molar-refractivity contribution in [3.05, 3.63) is 82.2 Å². The Bertz CT molecular complexity index is 1090. The van der Waals surface area contributed by atoms with Crippen LogP contribution >= 0.6 is 11.6 Å². The molecule has 1 N–H and O–H groups in total. The molecule has 0 aliphatic carbocycles. The Morgan fingerprint density at radius 1 is 1.32 bits per heavy atom. The highest BCUT2D eigenvalue weighted by atomic mass is 35.5. The Hall–Kier alpha value is -3.12. The average Bonchev–Trinajstić information content (AvgIpc) is 3.11. The van der Waals surface area contributed by atoms with Crippen molar-refractivity contribution in [3.8, 4) is 11.4 Å². The van der Waals surface area contributed by atoms with Gasteiger partial charge in [-0.15, -0.1) is 0 Å². The van der Waals surface area contributed by atoms with E-state index in [0.29, 0.717) is 33.4 Å². The van der Waals surface area contributed by atoms with Gasteiger partial charge in [0.1, 0.15) is 24.0 Å². The Morgan fingerprint density at radius 3 is 2.93 bits per heavy atom. The number of hydrogen-bond acceptors (Lipinski definition) is 3. The van der Waals surface area contributed by atoms with E-state index in [1.165, 1.54) is 6.07 Å². The number of amides is 1. The number of nitrogens with zero attached hydrogens (tertiary/aromatic N) is 2. The van der Waals surface area contributed by atoms with Crippen molar-refractivity contribution >= 4 is 23.6 Å². The van der Waals surface area contributed by atoms with Crippen molar-refractivity contribution in [2.75, 3.05) is 6.61 Å². The third-order valence-corrected chi connectivity index (χ3v) is 4.76. The van der Waals surface area contributed by atoms with Crippen molar-refractivity contribution in [1.29, 1.82) is 0 Å². The molecular weight excluding hydrogens is 381 g/mol. The topological polar surface area (TPSA) is 56.2 Å². The normalized spacial score (nSPS) is 12.8. The Balaban J connectivity index is 1.45. The zero-order valence-corrected chi connectivity index (χ0v) is 15.8. The Morgan fingerprint density at radius 2 is 2.18 bits per heavy atom. The molecule has 1 aromatic heterocycles. The molecule has 0 atom stereocenters. The van der Waals surface area contributed by atoms with E-state index in [1.54, 1.807) is 60.3 Å². The lowest BCUT2D eigenvalue weighted by atomic mass is 10.1. The number of benzene rings is 2. The molecule has 4 rings (SSSR count). The Labute approximate surface area is 166 Å². The number of rotatable bonds is 4. The summed E-state index contributed by atoms with van der Waals surface area (Å²) in [6, 6.07) is 10.1. The van der Waals surface area contributed by atoms with E-state index >= 15 is 0 Å². The summed E-state index contributed by atoms with van der Waals surface area (Å²) in [4.78, 5) is 16.6. The van der Waals surface area contributed by atoms with Gasteiger partial charge in [0, 0.05) is 29.5 Å². The molecule has 0 unspecified atom stereocenters. The predicted molar refractivity (Wildman–Crippen MR) is 105 cm³/mol. The molecule has 2 aromatic carbocycles. The fourth-order valence-corrected chi connectivity index (χ4v) is 3.24. The molecule has 1 aliphatic rings. The van der Waals surface area contributed by atoms with Gasteiger partial charge in [-0.2, -0.15) is 0 Å². The Kier molecular flexibility index (Phi) is 4.88. The maximum absolute atomic E-state index is 14.5. The van der Waals surface area contributed by atoms with E-state index < -0.39 is 0 Å². The summed E-state index contributed by atoms with van der Waals surface area (Å²) in [5.41, 5.74) is 2.32. The number of carbonyl (C=O) groups excluding carboxylic acids is 1. The molecule has 7 heteroatoms. The molecule has 3 aromatic rings. The van der Waals surface area contributed by atoms with Crippen molar-refractivity contribution in [2.24, 2.45) is 0 Å². The molecule has 5 nitrogen and oxygen atoms in total. The van der Waals surface area contributed by atoms with Crippen LogP contribution in [0.2, 0.25) is 5.02 Å². The largest absolute Gasteiger partial charge is 0.488 e. The smallest absolute Gasteiger partial charge is 0.250 e. The predicted octanol–water partition coefficient (Wildman–Crippen LogP) is 4.07. The summed E-state index contributed by atoms with van der Waals surface area (Å²) in [6.45, 7) is 2.19. The van der Waals surface area contributed by atoms with Crippen molar-refractivity contribution in [1.82, 2.24) is 14.9 Å². The van der Waals surface area contributed by atoms with Crippen LogP contribution < -0.4 is 10.1 Å². The van der Waals surface area contributed by atoms with Gasteiger partial charge in [-0.1, -0.05) is 17.7 Å². The third-order valence-electron chi connectivity index (χ3n) is 4.53. The van der Waals surface area contributed by atoms with Crippen LogP contribution in [0.3, 0.4) is 0 Å². The zero-order valence-electron chi connectivity index (χ0n) is 15.1. The van der Waals surface area contributed by atoms with Crippen LogP contribution in [0.4, 0.5) is 4.39 Å². The van der Waals surface area contributed by atoms with Crippen LogP contribution in [0.1, 0.15) is 17.0 Å². The summed E-state index contributed by atoms with van der Waals surface area (Å²) in [7, 11) is 0. The van der Waals surface area contributed by atoms with E-state index in [-0.39, 0.29) is 24.9 Å². The molecule has 0 radical (unpaired) electrons. The second kappa shape index (κ2) is 7.48. The summed E-state index contributed by atoms with van der Waals surface area (Å²) < 4.78 is 21.7. The zero-order chi connectivity index (χ0) is 19.7. The van der Waals surface area contributed by atoms with Gasteiger partial charge in [0.25, 0.3) is 5.91 Å². The van der Waals surface area contributed by atoms with Crippen molar-refractivity contribution < 1.29 is 13.9 Å². The quantitative estimate of drug-likeness (QED) is 0.722. The first-order valence-corrected chi connectivity index (χ1v) is 9.09. The first kappa shape index (κ1) is 18.3. The van der Waals surface area contributed by atoms with Crippen molar-refractivity contribution in [2.45, 2.75) is 13.5 Å². The van der Waals surface area contributed by atoms with Crippen molar-refractivity contribution in [3.63, 3.8) is 0 Å². The molecule has 1 aliphatic heterocycles. The minimum absolute atomic E-state index is 0.174. The minimum atomic E-state index is -0.378. The van der Waals surface area contributed by atoms with Gasteiger partial charge in [0.2, 0.25) is 0 Å². The maximum Gasteiger partial charge on any atom is 0.250 e. The highest BCUT2D eigenvalue weighted by molar-refractivity contribution is 6.30. The number of aryl methyl sites for hydroxylation is 1. The molecule has 28 heavy (non-hydrogen) atoms. The van der Waals surface area contributed by atoms with Crippen LogP contribution in [-0.2, 0) is 11.3 Å². The monoisotopic (exact) mass is 397 g/mol. The molecule has 0 bridgehead atoms. The van der Waals surface area contributed by atoms with E-state index in [2.05, 4.69) is 10.3 Å². The third kappa shape index (κ3) is 3.64. The van der Waals surface area contributed by atoms with Crippen LogP contribution in [0.15, 0.2) is 54.4 Å². The number of hydrogen-bond donors (Lipinski definition) is 1. The van der Waals surface area contributed by atoms with Gasteiger partial charge in [-0.3, -0.25) is 4.79 Å². The first-order chi connectivity index (χ1) is 13.5. The number of nitrogens with one attached hydrogen (secondary N) is 1. The molecular formula is C21H17ClFN3O2. The fraction of sp³-hybridized carbons (Fsp3) is 0.143. The minimum Gasteiger partial charge on any atom is -0.488 e. The second-order valence-electron chi connectivity index (χ2n) is 6.45. The molecule has 142 valence electrons. The lowest BCUT2D eigenvalue weighted by Crippen LogP contribution is -2.28. The summed E-state index contributed by atoms with van der Waals surface area (Å²) in [5.74, 6) is 0.746. The summed E-state index contributed by atoms with van der Waals surface area (Å²) in [6.07, 6.45) is 5.08. The lowest BCUT2D eigenvalue weighted by Gasteiger charge is -2.18. The van der Waals surface area contributed by atoms with E-state index in [4.69, 9.17) is 16.3 Å². The maximum atomic E-state index is 14.5. The second-order valence-corrected chi connectivity index (χ2v) is 6.89. The first-order valence-electron chi connectivity index (χ1n) is 8.71.